The summed E-state index contributed by atoms with van der Waals surface area (Å²) in [6.07, 6.45) is 0.611. The van der Waals surface area contributed by atoms with Crippen LogP contribution in [0, 0.1) is 5.41 Å². The summed E-state index contributed by atoms with van der Waals surface area (Å²) in [5, 5.41) is 10.5. The Hall–Kier alpha value is -2.24. The Balaban J connectivity index is 1.42. The van der Waals surface area contributed by atoms with Crippen molar-refractivity contribution in [3.8, 4) is 11.5 Å². The van der Waals surface area contributed by atoms with Gasteiger partial charge in [0.15, 0.2) is 0 Å². The van der Waals surface area contributed by atoms with Crippen molar-refractivity contribution in [3.63, 3.8) is 0 Å². The Labute approximate surface area is 200 Å². The van der Waals surface area contributed by atoms with Gasteiger partial charge in [0.2, 0.25) is 0 Å². The van der Waals surface area contributed by atoms with E-state index < -0.39 is 6.10 Å². The normalized spacial score (nSPS) is 16.5. The van der Waals surface area contributed by atoms with Crippen LogP contribution in [0.4, 0.5) is 5.69 Å². The van der Waals surface area contributed by atoms with Crippen molar-refractivity contribution in [2.24, 2.45) is 5.41 Å². The number of β-amino-alcohol motifs (C(OH)–C–C–N with tert-alkyl or cyclic N) is 1. The summed E-state index contributed by atoms with van der Waals surface area (Å²) >= 11 is 0. The van der Waals surface area contributed by atoms with Gasteiger partial charge in [-0.2, -0.15) is 0 Å². The summed E-state index contributed by atoms with van der Waals surface area (Å²) in [4.78, 5) is 4.69. The zero-order valence-electron chi connectivity index (χ0n) is 21.3. The van der Waals surface area contributed by atoms with Gasteiger partial charge in [0.1, 0.15) is 24.2 Å². The first-order chi connectivity index (χ1) is 15.6. The summed E-state index contributed by atoms with van der Waals surface area (Å²) in [5.74, 6) is 1.69. The third-order valence-corrected chi connectivity index (χ3v) is 6.33. The topological polar surface area (TPSA) is 45.2 Å². The number of ether oxygens (including phenoxy) is 2. The first-order valence-electron chi connectivity index (χ1n) is 12.1. The van der Waals surface area contributed by atoms with Crippen LogP contribution in [0.2, 0.25) is 0 Å². The molecular weight excluding hydrogens is 412 g/mol. The van der Waals surface area contributed by atoms with E-state index in [0.29, 0.717) is 13.2 Å². The number of rotatable bonds is 9. The lowest BCUT2D eigenvalue weighted by atomic mass is 9.72. The number of aliphatic hydroxyl groups excluding tert-OH is 1. The molecule has 5 heteroatoms. The molecule has 5 nitrogen and oxygen atoms in total. The van der Waals surface area contributed by atoms with Crippen LogP contribution in [-0.2, 0) is 5.41 Å². The Kier molecular flexibility index (Phi) is 8.30. The molecule has 0 aliphatic carbocycles. The van der Waals surface area contributed by atoms with Crippen LogP contribution < -0.4 is 14.4 Å². The maximum Gasteiger partial charge on any atom is 0.119 e. The van der Waals surface area contributed by atoms with E-state index in [1.165, 1.54) is 11.3 Å². The quantitative estimate of drug-likeness (QED) is 0.580. The largest absolute Gasteiger partial charge is 0.497 e. The smallest absolute Gasteiger partial charge is 0.119 e. The number of benzene rings is 2. The molecule has 1 aliphatic heterocycles. The molecule has 1 heterocycles. The molecule has 0 bridgehead atoms. The van der Waals surface area contributed by atoms with Crippen LogP contribution >= 0.6 is 0 Å². The number of anilines is 1. The summed E-state index contributed by atoms with van der Waals surface area (Å²) in [6, 6.07) is 16.6. The van der Waals surface area contributed by atoms with Gasteiger partial charge in [-0.15, -0.1) is 0 Å². The SMILES string of the molecule is COc1ccc(N2CCN(CC(O)COc3ccc(C(C)(C)CC(C)(C)C)cc3)CC2)cc1. The fraction of sp³-hybridized carbons (Fsp3) is 0.571. The molecule has 1 atom stereocenters. The van der Waals surface area contributed by atoms with Crippen molar-refractivity contribution in [2.75, 3.05) is 51.3 Å². The van der Waals surface area contributed by atoms with Gasteiger partial charge < -0.3 is 19.5 Å². The van der Waals surface area contributed by atoms with Crippen molar-refractivity contribution >= 4 is 5.69 Å². The van der Waals surface area contributed by atoms with Crippen LogP contribution in [0.1, 0.15) is 46.6 Å². The van der Waals surface area contributed by atoms with Gasteiger partial charge >= 0.3 is 0 Å². The third kappa shape index (κ3) is 7.65. The average Bonchev–Trinajstić information content (AvgIpc) is 2.77. The van der Waals surface area contributed by atoms with Crippen LogP contribution in [0.25, 0.3) is 0 Å². The van der Waals surface area contributed by atoms with Crippen molar-refractivity contribution in [1.29, 1.82) is 0 Å². The first-order valence-corrected chi connectivity index (χ1v) is 12.1. The van der Waals surface area contributed by atoms with Gasteiger partial charge in [0.05, 0.1) is 7.11 Å². The minimum absolute atomic E-state index is 0.115. The van der Waals surface area contributed by atoms with Gasteiger partial charge in [-0.05, 0) is 59.2 Å². The molecule has 2 aromatic carbocycles. The molecule has 0 amide bonds. The molecule has 0 spiro atoms. The molecule has 1 fully saturated rings. The van der Waals surface area contributed by atoms with Crippen LogP contribution in [-0.4, -0.2) is 62.6 Å². The van der Waals surface area contributed by atoms with Crippen molar-refractivity contribution in [3.05, 3.63) is 54.1 Å². The van der Waals surface area contributed by atoms with Crippen molar-refractivity contribution in [2.45, 2.75) is 52.6 Å². The second-order valence-electron chi connectivity index (χ2n) is 11.1. The predicted molar refractivity (Wildman–Crippen MR) is 137 cm³/mol. The molecule has 1 aliphatic rings. The van der Waals surface area contributed by atoms with E-state index >= 15 is 0 Å². The van der Waals surface area contributed by atoms with Crippen LogP contribution in [0.5, 0.6) is 11.5 Å². The summed E-state index contributed by atoms with van der Waals surface area (Å²) in [7, 11) is 1.69. The molecule has 182 valence electrons. The molecule has 0 radical (unpaired) electrons. The Bertz CT molecular complexity index is 848. The molecule has 0 aromatic heterocycles. The highest BCUT2D eigenvalue weighted by molar-refractivity contribution is 5.49. The highest BCUT2D eigenvalue weighted by Crippen LogP contribution is 2.36. The number of hydrogen-bond donors (Lipinski definition) is 1. The van der Waals surface area contributed by atoms with E-state index in [1.807, 2.05) is 24.3 Å². The molecule has 1 N–H and O–H groups in total. The highest BCUT2D eigenvalue weighted by atomic mass is 16.5. The van der Waals surface area contributed by atoms with Crippen molar-refractivity contribution in [1.82, 2.24) is 4.90 Å². The van der Waals surface area contributed by atoms with E-state index in [9.17, 15) is 5.11 Å². The lowest BCUT2D eigenvalue weighted by molar-refractivity contribution is 0.0663. The molecular formula is C28H42N2O3. The number of aliphatic hydroxyl groups is 1. The Morgan fingerprint density at radius 1 is 0.848 bits per heavy atom. The second-order valence-corrected chi connectivity index (χ2v) is 11.1. The minimum Gasteiger partial charge on any atom is -0.497 e. The standard InChI is InChI=1S/C28H42N2O3/c1-27(2,3)21-28(4,5)22-7-11-26(12-8-22)33-20-24(31)19-29-15-17-30(18-16-29)23-9-13-25(32-6)14-10-23/h7-14,24,31H,15-21H2,1-6H3. The summed E-state index contributed by atoms with van der Waals surface area (Å²) in [5.41, 5.74) is 2.93. The van der Waals surface area contributed by atoms with E-state index in [1.54, 1.807) is 7.11 Å². The fourth-order valence-corrected chi connectivity index (χ4v) is 4.96. The highest BCUT2D eigenvalue weighted by Gasteiger charge is 2.27. The molecule has 1 saturated heterocycles. The van der Waals surface area contributed by atoms with E-state index in [2.05, 4.69) is 68.7 Å². The Morgan fingerprint density at radius 2 is 1.42 bits per heavy atom. The number of hydrogen-bond acceptors (Lipinski definition) is 5. The van der Waals surface area contributed by atoms with E-state index in [4.69, 9.17) is 9.47 Å². The van der Waals surface area contributed by atoms with Gasteiger partial charge in [0.25, 0.3) is 0 Å². The zero-order valence-corrected chi connectivity index (χ0v) is 21.3. The average molecular weight is 455 g/mol. The summed E-state index contributed by atoms with van der Waals surface area (Å²) < 4.78 is 11.1. The second kappa shape index (κ2) is 10.8. The van der Waals surface area contributed by atoms with Gasteiger partial charge in [-0.3, -0.25) is 4.90 Å². The van der Waals surface area contributed by atoms with Crippen LogP contribution in [0.3, 0.4) is 0 Å². The molecule has 1 unspecified atom stereocenters. The summed E-state index contributed by atoms with van der Waals surface area (Å²) in [6.45, 7) is 16.2. The third-order valence-electron chi connectivity index (χ3n) is 6.33. The lowest BCUT2D eigenvalue weighted by Gasteiger charge is -2.36. The molecule has 33 heavy (non-hydrogen) atoms. The molecule has 3 rings (SSSR count). The minimum atomic E-state index is -0.505. The van der Waals surface area contributed by atoms with E-state index in [0.717, 1.165) is 44.1 Å². The van der Waals surface area contributed by atoms with Crippen LogP contribution in [0.15, 0.2) is 48.5 Å². The number of nitrogens with zero attached hydrogens (tertiary/aromatic N) is 2. The number of piperazine rings is 1. The van der Waals surface area contributed by atoms with E-state index in [-0.39, 0.29) is 10.8 Å². The Morgan fingerprint density at radius 3 is 1.97 bits per heavy atom. The van der Waals surface area contributed by atoms with Gasteiger partial charge in [-0.25, -0.2) is 0 Å². The van der Waals surface area contributed by atoms with Gasteiger partial charge in [-0.1, -0.05) is 46.8 Å². The monoisotopic (exact) mass is 454 g/mol. The lowest BCUT2D eigenvalue weighted by Crippen LogP contribution is -2.49. The maximum atomic E-state index is 10.5. The molecule has 2 aromatic rings. The number of methoxy groups -OCH3 is 1. The first kappa shape index (κ1) is 25.4. The fourth-order valence-electron chi connectivity index (χ4n) is 4.96. The molecule has 0 saturated carbocycles. The maximum absolute atomic E-state index is 10.5. The predicted octanol–water partition coefficient (Wildman–Crippen LogP) is 4.97. The van der Waals surface area contributed by atoms with Gasteiger partial charge in [0, 0.05) is 38.4 Å². The zero-order chi connectivity index (χ0) is 24.1. The van der Waals surface area contributed by atoms with Crippen molar-refractivity contribution < 1.29 is 14.6 Å².